The molecule has 2 atom stereocenters. The summed E-state index contributed by atoms with van der Waals surface area (Å²) >= 11 is 1.64. The lowest BCUT2D eigenvalue weighted by Crippen LogP contribution is -2.51. The van der Waals surface area contributed by atoms with Crippen molar-refractivity contribution in [2.75, 3.05) is 0 Å². The molecule has 1 heterocycles. The molecule has 0 fully saturated rings. The van der Waals surface area contributed by atoms with Gasteiger partial charge in [-0.1, -0.05) is 13.0 Å². The lowest BCUT2D eigenvalue weighted by molar-refractivity contribution is -0.126. The molecule has 0 saturated heterocycles. The molecule has 3 nitrogen and oxygen atoms in total. The molecule has 0 aliphatic rings. The molecule has 1 amide bonds. The third-order valence-corrected chi connectivity index (χ3v) is 3.63. The van der Waals surface area contributed by atoms with E-state index in [1.165, 1.54) is 0 Å². The van der Waals surface area contributed by atoms with Crippen LogP contribution in [0.4, 0.5) is 0 Å². The SMILES string of the molecule is CCC(C)(N)C(=O)N[C@@H](C)c1cccs1. The van der Waals surface area contributed by atoms with Crippen LogP contribution in [0.5, 0.6) is 0 Å². The van der Waals surface area contributed by atoms with E-state index < -0.39 is 5.54 Å². The van der Waals surface area contributed by atoms with E-state index in [-0.39, 0.29) is 11.9 Å². The highest BCUT2D eigenvalue weighted by molar-refractivity contribution is 7.10. The number of hydrogen-bond donors (Lipinski definition) is 2. The van der Waals surface area contributed by atoms with Crippen molar-refractivity contribution in [1.82, 2.24) is 5.32 Å². The van der Waals surface area contributed by atoms with Gasteiger partial charge in [-0.2, -0.15) is 0 Å². The minimum absolute atomic E-state index is 0.0342. The second-order valence-corrected chi connectivity index (χ2v) is 4.96. The van der Waals surface area contributed by atoms with Gasteiger partial charge in [0.05, 0.1) is 11.6 Å². The smallest absolute Gasteiger partial charge is 0.240 e. The van der Waals surface area contributed by atoms with E-state index in [4.69, 9.17) is 5.73 Å². The number of rotatable bonds is 4. The van der Waals surface area contributed by atoms with Gasteiger partial charge >= 0.3 is 0 Å². The van der Waals surface area contributed by atoms with Crippen molar-refractivity contribution >= 4 is 17.2 Å². The molecule has 1 rings (SSSR count). The molecule has 0 aromatic carbocycles. The number of carbonyl (C=O) groups is 1. The molecule has 0 aliphatic heterocycles. The molecular formula is C11H18N2OS. The summed E-state index contributed by atoms with van der Waals surface area (Å²) in [7, 11) is 0. The van der Waals surface area contributed by atoms with Crippen LogP contribution in [0.25, 0.3) is 0 Å². The molecule has 1 aromatic heterocycles. The molecule has 0 radical (unpaired) electrons. The Morgan fingerprint density at radius 1 is 1.73 bits per heavy atom. The van der Waals surface area contributed by atoms with Crippen LogP contribution in [0.2, 0.25) is 0 Å². The maximum absolute atomic E-state index is 11.8. The van der Waals surface area contributed by atoms with Crippen molar-refractivity contribution in [2.45, 2.75) is 38.8 Å². The first-order chi connectivity index (χ1) is 6.97. The van der Waals surface area contributed by atoms with Crippen molar-refractivity contribution in [3.05, 3.63) is 22.4 Å². The largest absolute Gasteiger partial charge is 0.347 e. The van der Waals surface area contributed by atoms with E-state index in [9.17, 15) is 4.79 Å². The lowest BCUT2D eigenvalue weighted by Gasteiger charge is -2.24. The second-order valence-electron chi connectivity index (χ2n) is 3.98. The number of hydrogen-bond acceptors (Lipinski definition) is 3. The first kappa shape index (κ1) is 12.2. The summed E-state index contributed by atoms with van der Waals surface area (Å²) in [5.41, 5.74) is 5.08. The fraction of sp³-hybridized carbons (Fsp3) is 0.545. The second kappa shape index (κ2) is 4.77. The van der Waals surface area contributed by atoms with Gasteiger partial charge in [0.2, 0.25) is 5.91 Å². The molecule has 0 spiro atoms. The van der Waals surface area contributed by atoms with E-state index in [0.29, 0.717) is 6.42 Å². The minimum atomic E-state index is -0.772. The summed E-state index contributed by atoms with van der Waals surface area (Å²) in [4.78, 5) is 12.9. The zero-order valence-corrected chi connectivity index (χ0v) is 10.2. The standard InChI is InChI=1S/C11H18N2OS/c1-4-11(3,12)10(14)13-8(2)9-6-5-7-15-9/h5-8H,4,12H2,1-3H3,(H,13,14)/t8-,11?/m0/s1. The number of nitrogens with one attached hydrogen (secondary N) is 1. The third kappa shape index (κ3) is 3.04. The average Bonchev–Trinajstić information content (AvgIpc) is 2.70. The number of thiophene rings is 1. The van der Waals surface area contributed by atoms with E-state index in [2.05, 4.69) is 5.32 Å². The van der Waals surface area contributed by atoms with Gasteiger partial charge in [-0.05, 0) is 31.7 Å². The normalized spacial score (nSPS) is 16.8. The van der Waals surface area contributed by atoms with Crippen LogP contribution >= 0.6 is 11.3 Å². The van der Waals surface area contributed by atoms with E-state index in [0.717, 1.165) is 4.88 Å². The molecule has 0 saturated carbocycles. The molecule has 15 heavy (non-hydrogen) atoms. The molecular weight excluding hydrogens is 208 g/mol. The first-order valence-electron chi connectivity index (χ1n) is 5.10. The molecule has 1 aromatic rings. The van der Waals surface area contributed by atoms with Gasteiger partial charge in [0.1, 0.15) is 0 Å². The van der Waals surface area contributed by atoms with Crippen LogP contribution in [-0.2, 0) is 4.79 Å². The monoisotopic (exact) mass is 226 g/mol. The Bertz CT molecular complexity index is 319. The summed E-state index contributed by atoms with van der Waals surface area (Å²) < 4.78 is 0. The van der Waals surface area contributed by atoms with Crippen LogP contribution in [0.3, 0.4) is 0 Å². The summed E-state index contributed by atoms with van der Waals surface area (Å²) in [5.74, 6) is -0.0918. The summed E-state index contributed by atoms with van der Waals surface area (Å²) in [6.45, 7) is 5.63. The summed E-state index contributed by atoms with van der Waals surface area (Å²) in [6, 6.07) is 4.02. The Balaban J connectivity index is 2.60. The quantitative estimate of drug-likeness (QED) is 0.825. The molecule has 84 valence electrons. The van der Waals surface area contributed by atoms with Gasteiger partial charge < -0.3 is 11.1 Å². The fourth-order valence-electron chi connectivity index (χ4n) is 1.13. The highest BCUT2D eigenvalue weighted by Gasteiger charge is 2.27. The summed E-state index contributed by atoms with van der Waals surface area (Å²) in [6.07, 6.45) is 0.635. The summed E-state index contributed by atoms with van der Waals surface area (Å²) in [5, 5.41) is 4.92. The highest BCUT2D eigenvalue weighted by atomic mass is 32.1. The first-order valence-corrected chi connectivity index (χ1v) is 5.98. The van der Waals surface area contributed by atoms with Gasteiger partial charge in [-0.25, -0.2) is 0 Å². The topological polar surface area (TPSA) is 55.1 Å². The fourth-order valence-corrected chi connectivity index (χ4v) is 1.87. The molecule has 4 heteroatoms. The van der Waals surface area contributed by atoms with Crippen molar-refractivity contribution < 1.29 is 4.79 Å². The average molecular weight is 226 g/mol. The zero-order chi connectivity index (χ0) is 11.5. The van der Waals surface area contributed by atoms with Gasteiger partial charge in [0.15, 0.2) is 0 Å². The van der Waals surface area contributed by atoms with Crippen molar-refractivity contribution in [1.29, 1.82) is 0 Å². The van der Waals surface area contributed by atoms with Crippen molar-refractivity contribution in [3.8, 4) is 0 Å². The molecule has 0 bridgehead atoms. The Morgan fingerprint density at radius 2 is 2.40 bits per heavy atom. The van der Waals surface area contributed by atoms with Crippen molar-refractivity contribution in [2.24, 2.45) is 5.73 Å². The Labute approximate surface area is 94.7 Å². The number of nitrogens with two attached hydrogens (primary N) is 1. The van der Waals surface area contributed by atoms with E-state index >= 15 is 0 Å². The Kier molecular flexibility index (Phi) is 3.88. The number of amides is 1. The maximum Gasteiger partial charge on any atom is 0.240 e. The van der Waals surface area contributed by atoms with Crippen LogP contribution in [0.1, 0.15) is 38.1 Å². The Hall–Kier alpha value is -0.870. The lowest BCUT2D eigenvalue weighted by atomic mass is 9.99. The van der Waals surface area contributed by atoms with Crippen LogP contribution in [0, 0.1) is 0 Å². The molecule has 1 unspecified atom stereocenters. The van der Waals surface area contributed by atoms with Gasteiger partial charge in [-0.15, -0.1) is 11.3 Å². The molecule has 3 N–H and O–H groups in total. The van der Waals surface area contributed by atoms with Crippen LogP contribution < -0.4 is 11.1 Å². The predicted octanol–water partition coefficient (Wildman–Crippen LogP) is 2.05. The van der Waals surface area contributed by atoms with Crippen LogP contribution in [0.15, 0.2) is 17.5 Å². The van der Waals surface area contributed by atoms with Gasteiger partial charge in [-0.3, -0.25) is 4.79 Å². The Morgan fingerprint density at radius 3 is 2.87 bits per heavy atom. The van der Waals surface area contributed by atoms with E-state index in [1.54, 1.807) is 18.3 Å². The minimum Gasteiger partial charge on any atom is -0.347 e. The third-order valence-electron chi connectivity index (χ3n) is 2.57. The predicted molar refractivity (Wildman–Crippen MR) is 63.8 cm³/mol. The highest BCUT2D eigenvalue weighted by Crippen LogP contribution is 2.19. The van der Waals surface area contributed by atoms with Crippen LogP contribution in [-0.4, -0.2) is 11.4 Å². The molecule has 0 aliphatic carbocycles. The maximum atomic E-state index is 11.8. The van der Waals surface area contributed by atoms with E-state index in [1.807, 2.05) is 31.4 Å². The van der Waals surface area contributed by atoms with Gasteiger partial charge in [0.25, 0.3) is 0 Å². The number of carbonyl (C=O) groups excluding carboxylic acids is 1. The van der Waals surface area contributed by atoms with Crippen molar-refractivity contribution in [3.63, 3.8) is 0 Å². The van der Waals surface area contributed by atoms with Gasteiger partial charge in [0, 0.05) is 4.88 Å². The zero-order valence-electron chi connectivity index (χ0n) is 9.41.